The zero-order valence-corrected chi connectivity index (χ0v) is 15.2. The molecule has 5 heteroatoms. The fraction of sp³-hybridized carbons (Fsp3) is 0.333. The Bertz CT molecular complexity index is 877. The fourth-order valence-electron chi connectivity index (χ4n) is 3.94. The summed E-state index contributed by atoms with van der Waals surface area (Å²) in [6.45, 7) is 3.90. The van der Waals surface area contributed by atoms with Crippen LogP contribution in [-0.4, -0.2) is 29.5 Å². The number of amides is 2. The van der Waals surface area contributed by atoms with E-state index in [1.54, 1.807) is 11.9 Å². The van der Waals surface area contributed by atoms with Gasteiger partial charge in [0, 0.05) is 25.1 Å². The highest BCUT2D eigenvalue weighted by Gasteiger charge is 2.54. The summed E-state index contributed by atoms with van der Waals surface area (Å²) in [4.78, 5) is 27.6. The van der Waals surface area contributed by atoms with Gasteiger partial charge < -0.3 is 15.0 Å². The standard InChI is InChI=1S/C21H22N2O3/c1-13-8-10-14(11-9-13)22-19(24)18-16-12-21(2,23(3)20(18)25)26-17-7-5-4-6-15(16)17/h4-11,16,18H,12H2,1-3H3,(H,22,24). The third-order valence-electron chi connectivity index (χ3n) is 5.56. The molecule has 2 aromatic rings. The van der Waals surface area contributed by atoms with Gasteiger partial charge in [-0.3, -0.25) is 9.59 Å². The van der Waals surface area contributed by atoms with E-state index in [0.717, 1.165) is 16.9 Å². The minimum Gasteiger partial charge on any atom is -0.468 e. The number of hydrogen-bond acceptors (Lipinski definition) is 3. The number of carbonyl (C=O) groups excluding carboxylic acids is 2. The van der Waals surface area contributed by atoms with E-state index < -0.39 is 11.6 Å². The Hall–Kier alpha value is -2.82. The average molecular weight is 350 g/mol. The molecule has 5 nitrogen and oxygen atoms in total. The van der Waals surface area contributed by atoms with Crippen LogP contribution in [0.3, 0.4) is 0 Å². The molecule has 2 aliphatic heterocycles. The number of nitrogens with zero attached hydrogens (tertiary/aromatic N) is 1. The molecule has 0 radical (unpaired) electrons. The van der Waals surface area contributed by atoms with Crippen molar-refractivity contribution in [3.05, 3.63) is 59.7 Å². The van der Waals surface area contributed by atoms with Crippen molar-refractivity contribution in [2.24, 2.45) is 5.92 Å². The van der Waals surface area contributed by atoms with Crippen molar-refractivity contribution in [1.82, 2.24) is 4.90 Å². The molecular formula is C21H22N2O3. The van der Waals surface area contributed by atoms with E-state index in [2.05, 4.69) is 5.32 Å². The Morgan fingerprint density at radius 3 is 2.62 bits per heavy atom. The predicted octanol–water partition coefficient (Wildman–Crippen LogP) is 3.30. The van der Waals surface area contributed by atoms with Crippen molar-refractivity contribution >= 4 is 17.5 Å². The smallest absolute Gasteiger partial charge is 0.238 e. The van der Waals surface area contributed by atoms with E-state index >= 15 is 0 Å². The molecule has 0 aromatic heterocycles. The maximum Gasteiger partial charge on any atom is 0.238 e. The Kier molecular flexibility index (Phi) is 3.75. The van der Waals surface area contributed by atoms with Gasteiger partial charge in [-0.2, -0.15) is 0 Å². The van der Waals surface area contributed by atoms with Crippen LogP contribution in [0.15, 0.2) is 48.5 Å². The highest BCUT2D eigenvalue weighted by atomic mass is 16.5. The number of nitrogens with one attached hydrogen (secondary N) is 1. The molecule has 2 heterocycles. The molecule has 2 aliphatic rings. The minimum absolute atomic E-state index is 0.195. The molecule has 0 spiro atoms. The van der Waals surface area contributed by atoms with Gasteiger partial charge in [-0.1, -0.05) is 35.9 Å². The van der Waals surface area contributed by atoms with E-state index in [1.807, 2.05) is 62.4 Å². The SMILES string of the molecule is Cc1ccc(NC(=O)C2C(=O)N(C)C3(C)CC2c2ccccc2O3)cc1. The topological polar surface area (TPSA) is 58.6 Å². The number of hydrogen-bond donors (Lipinski definition) is 1. The number of benzene rings is 2. The Morgan fingerprint density at radius 2 is 1.88 bits per heavy atom. The van der Waals surface area contributed by atoms with Crippen LogP contribution in [0.5, 0.6) is 5.75 Å². The summed E-state index contributed by atoms with van der Waals surface area (Å²) in [5, 5.41) is 2.91. The number of piperidine rings is 1. The first-order chi connectivity index (χ1) is 12.4. The first-order valence-electron chi connectivity index (χ1n) is 8.82. The zero-order chi connectivity index (χ0) is 18.5. The van der Waals surface area contributed by atoms with Crippen LogP contribution in [0.1, 0.15) is 30.4 Å². The number of carbonyl (C=O) groups is 2. The van der Waals surface area contributed by atoms with Crippen molar-refractivity contribution in [1.29, 1.82) is 0 Å². The predicted molar refractivity (Wildman–Crippen MR) is 98.9 cm³/mol. The normalized spacial score (nSPS) is 26.7. The summed E-state index contributed by atoms with van der Waals surface area (Å²) < 4.78 is 6.11. The van der Waals surface area contributed by atoms with Crippen LogP contribution in [0.4, 0.5) is 5.69 Å². The number of likely N-dealkylation sites (tertiary alicyclic amines) is 1. The van der Waals surface area contributed by atoms with Gasteiger partial charge >= 0.3 is 0 Å². The van der Waals surface area contributed by atoms with Crippen LogP contribution in [0.2, 0.25) is 0 Å². The van der Waals surface area contributed by atoms with E-state index in [0.29, 0.717) is 12.1 Å². The number of para-hydroxylation sites is 1. The van der Waals surface area contributed by atoms with Gasteiger partial charge in [-0.15, -0.1) is 0 Å². The molecule has 2 amide bonds. The third kappa shape index (κ3) is 2.55. The van der Waals surface area contributed by atoms with Crippen LogP contribution >= 0.6 is 0 Å². The monoisotopic (exact) mass is 350 g/mol. The maximum atomic E-state index is 13.0. The molecule has 26 heavy (non-hydrogen) atoms. The first kappa shape index (κ1) is 16.6. The summed E-state index contributed by atoms with van der Waals surface area (Å²) in [5.41, 5.74) is 2.02. The van der Waals surface area contributed by atoms with Crippen molar-refractivity contribution in [2.45, 2.75) is 31.9 Å². The van der Waals surface area contributed by atoms with Crippen molar-refractivity contribution in [3.8, 4) is 5.75 Å². The minimum atomic E-state index is -0.764. The fourth-order valence-corrected chi connectivity index (χ4v) is 3.94. The molecule has 1 N–H and O–H groups in total. The van der Waals surface area contributed by atoms with Crippen LogP contribution in [0.25, 0.3) is 0 Å². The van der Waals surface area contributed by atoms with E-state index in [1.165, 1.54) is 0 Å². The second-order valence-electron chi connectivity index (χ2n) is 7.36. The van der Waals surface area contributed by atoms with Gasteiger partial charge in [0.15, 0.2) is 5.72 Å². The Balaban J connectivity index is 1.70. The highest BCUT2D eigenvalue weighted by Crippen LogP contribution is 2.49. The summed E-state index contributed by atoms with van der Waals surface area (Å²) in [6.07, 6.45) is 0.595. The second kappa shape index (κ2) is 5.87. The lowest BCUT2D eigenvalue weighted by molar-refractivity contribution is -0.170. The molecule has 2 bridgehead atoms. The van der Waals surface area contributed by atoms with Crippen molar-refractivity contribution in [2.75, 3.05) is 12.4 Å². The highest BCUT2D eigenvalue weighted by molar-refractivity contribution is 6.08. The maximum absolute atomic E-state index is 13.0. The van der Waals surface area contributed by atoms with Gasteiger partial charge in [-0.25, -0.2) is 0 Å². The molecule has 1 saturated heterocycles. The second-order valence-corrected chi connectivity index (χ2v) is 7.36. The van der Waals surface area contributed by atoms with Crippen LogP contribution < -0.4 is 10.1 Å². The van der Waals surface area contributed by atoms with Crippen molar-refractivity contribution in [3.63, 3.8) is 0 Å². The molecule has 134 valence electrons. The van der Waals surface area contributed by atoms with Gasteiger partial charge in [0.2, 0.25) is 11.8 Å². The van der Waals surface area contributed by atoms with Gasteiger partial charge in [0.05, 0.1) is 0 Å². The number of rotatable bonds is 2. The third-order valence-corrected chi connectivity index (χ3v) is 5.56. The molecule has 3 unspecified atom stereocenters. The van der Waals surface area contributed by atoms with Crippen LogP contribution in [0, 0.1) is 12.8 Å². The summed E-state index contributed by atoms with van der Waals surface area (Å²) >= 11 is 0. The zero-order valence-electron chi connectivity index (χ0n) is 15.2. The summed E-state index contributed by atoms with van der Waals surface area (Å²) in [6, 6.07) is 15.3. The molecule has 1 fully saturated rings. The van der Waals surface area contributed by atoms with E-state index in [9.17, 15) is 9.59 Å². The largest absolute Gasteiger partial charge is 0.468 e. The van der Waals surface area contributed by atoms with Crippen LogP contribution in [-0.2, 0) is 9.59 Å². The Labute approximate surface area is 153 Å². The van der Waals surface area contributed by atoms with Gasteiger partial charge in [0.25, 0.3) is 0 Å². The lowest BCUT2D eigenvalue weighted by atomic mass is 9.73. The first-order valence-corrected chi connectivity index (χ1v) is 8.82. The van der Waals surface area contributed by atoms with E-state index in [4.69, 9.17) is 4.74 Å². The lowest BCUT2D eigenvalue weighted by Crippen LogP contribution is -2.62. The number of ether oxygens (including phenoxy) is 1. The molecule has 2 aromatic carbocycles. The summed E-state index contributed by atoms with van der Waals surface area (Å²) in [7, 11) is 1.71. The molecule has 3 atom stereocenters. The van der Waals surface area contributed by atoms with E-state index in [-0.39, 0.29) is 17.7 Å². The number of aryl methyl sites for hydroxylation is 1. The molecule has 0 aliphatic carbocycles. The quantitative estimate of drug-likeness (QED) is 0.846. The van der Waals surface area contributed by atoms with Crippen molar-refractivity contribution < 1.29 is 14.3 Å². The molecule has 0 saturated carbocycles. The van der Waals surface area contributed by atoms with Gasteiger partial charge in [0.1, 0.15) is 11.7 Å². The molecule has 4 rings (SSSR count). The summed E-state index contributed by atoms with van der Waals surface area (Å²) in [5.74, 6) is -0.686. The van der Waals surface area contributed by atoms with Gasteiger partial charge in [-0.05, 0) is 37.6 Å². The average Bonchev–Trinajstić information content (AvgIpc) is 2.62. The number of anilines is 1. The lowest BCUT2D eigenvalue weighted by Gasteiger charge is -2.51. The number of fused-ring (bicyclic) bond motifs is 4. The molecular weight excluding hydrogens is 328 g/mol. The Morgan fingerprint density at radius 1 is 1.19 bits per heavy atom.